The van der Waals surface area contributed by atoms with Crippen molar-refractivity contribution in [2.75, 3.05) is 5.75 Å². The Morgan fingerprint density at radius 1 is 1.88 bits per heavy atom. The van der Waals surface area contributed by atoms with Gasteiger partial charge in [0.05, 0.1) is 0 Å². The van der Waals surface area contributed by atoms with E-state index in [2.05, 4.69) is 6.58 Å². The van der Waals surface area contributed by atoms with Crippen LogP contribution < -0.4 is 0 Å². The van der Waals surface area contributed by atoms with Gasteiger partial charge in [-0.05, 0) is 6.42 Å². The van der Waals surface area contributed by atoms with Gasteiger partial charge in [0, 0.05) is 0 Å². The van der Waals surface area contributed by atoms with E-state index < -0.39 is 10.6 Å². The maximum Gasteiger partial charge on any atom is -0.0368 e. The van der Waals surface area contributed by atoms with Gasteiger partial charge in [0.15, 0.2) is 0 Å². The zero-order chi connectivity index (χ0) is 6.57. The molecule has 0 amide bonds. The monoisotopic (exact) mass is 132 g/mol. The molecule has 0 aliphatic heterocycles. The summed E-state index contributed by atoms with van der Waals surface area (Å²) in [6, 6.07) is 0. The lowest BCUT2D eigenvalue weighted by atomic mass is 10.3. The van der Waals surface area contributed by atoms with Gasteiger partial charge in [-0.15, -0.1) is 6.58 Å². The molecule has 0 aliphatic rings. The molecule has 8 heavy (non-hydrogen) atoms. The third-order valence-corrected chi connectivity index (χ3v) is 1.51. The molecule has 2 nitrogen and oxygen atoms in total. The van der Waals surface area contributed by atoms with Gasteiger partial charge in [-0.25, -0.2) is 0 Å². The van der Waals surface area contributed by atoms with Gasteiger partial charge in [-0.3, -0.25) is 0 Å². The number of hydrogen-bond acceptors (Lipinski definition) is 3. The maximum atomic E-state index is 10.1. The van der Waals surface area contributed by atoms with E-state index in [1.54, 1.807) is 0 Å². The predicted molar refractivity (Wildman–Crippen MR) is 35.1 cm³/mol. The highest BCUT2D eigenvalue weighted by Crippen LogP contribution is 1.94. The van der Waals surface area contributed by atoms with Crippen LogP contribution in [0.25, 0.3) is 0 Å². The zero-order valence-corrected chi connectivity index (χ0v) is 5.75. The van der Waals surface area contributed by atoms with Crippen molar-refractivity contribution in [1.29, 1.82) is 4.78 Å². The molecule has 0 aromatic heterocycles. The molecule has 0 saturated heterocycles. The highest BCUT2D eigenvalue weighted by Gasteiger charge is 1.79. The summed E-state index contributed by atoms with van der Waals surface area (Å²) in [6.45, 7) is 5.54. The topological polar surface area (TPSA) is 40.9 Å². The van der Waals surface area contributed by atoms with Crippen LogP contribution in [0.1, 0.15) is 13.3 Å². The van der Waals surface area contributed by atoms with E-state index in [1.807, 2.05) is 6.92 Å². The molecule has 0 aromatic rings. The van der Waals surface area contributed by atoms with Crippen LogP contribution in [0.2, 0.25) is 0 Å². The zero-order valence-electron chi connectivity index (χ0n) is 4.94. The Bertz CT molecular complexity index is 141. The maximum absolute atomic E-state index is 10.1. The Morgan fingerprint density at radius 3 is 2.50 bits per heavy atom. The minimum absolute atomic E-state index is 0.330. The van der Waals surface area contributed by atoms with E-state index >= 15 is 0 Å². The van der Waals surface area contributed by atoms with Crippen molar-refractivity contribution in [1.82, 2.24) is 0 Å². The Labute approximate surface area is 51.6 Å². The normalized spacial score (nSPS) is 9.75. The van der Waals surface area contributed by atoms with Crippen molar-refractivity contribution < 1.29 is 4.21 Å². The smallest absolute Gasteiger partial charge is 0.0368 e. The fourth-order valence-electron chi connectivity index (χ4n) is 0.287. The first kappa shape index (κ1) is 7.69. The molecule has 0 saturated carbocycles. The highest BCUT2D eigenvalue weighted by molar-refractivity contribution is 7.73. The second-order valence-corrected chi connectivity index (χ2v) is 2.57. The quantitative estimate of drug-likeness (QED) is 0.460. The Hall–Kier alpha value is -0.310. The van der Waals surface area contributed by atoms with Crippen molar-refractivity contribution in [2.24, 2.45) is 0 Å². The van der Waals surface area contributed by atoms with E-state index in [-0.39, 0.29) is 0 Å². The van der Waals surface area contributed by atoms with Crippen molar-refractivity contribution >= 4 is 10.6 Å². The van der Waals surface area contributed by atoms with E-state index in [1.165, 1.54) is 0 Å². The van der Waals surface area contributed by atoms with Crippen molar-refractivity contribution in [3.05, 3.63) is 12.2 Å². The summed E-state index contributed by atoms with van der Waals surface area (Å²) in [5, 5.41) is 0. The van der Waals surface area contributed by atoms with Crippen LogP contribution in [0, 0.1) is 4.78 Å². The Kier molecular flexibility index (Phi) is 3.52. The fraction of sp³-hybridized carbons (Fsp3) is 0.600. The molecule has 3 heteroatoms. The van der Waals surface area contributed by atoms with Crippen LogP contribution in [0.5, 0.6) is 0 Å². The van der Waals surface area contributed by atoms with Crippen LogP contribution in [0.15, 0.2) is 12.2 Å². The molecular formula is C5H10NOS-. The summed E-state index contributed by atoms with van der Waals surface area (Å²) < 4.78 is 16.8. The highest BCUT2D eigenvalue weighted by atomic mass is 32.2. The first-order valence-electron chi connectivity index (χ1n) is 2.43. The molecule has 1 N–H and O–H groups in total. The molecule has 0 atom stereocenters. The standard InChI is InChI=1S/C5H10NOS/c1-3-5(2)4-8(6)7/h6H,2-4H2,1H3/q-1. The van der Waals surface area contributed by atoms with Gasteiger partial charge in [-0.1, -0.05) is 18.2 Å². The number of hydrogen-bond donors (Lipinski definition) is 1. The Balaban J connectivity index is 3.56. The predicted octanol–water partition coefficient (Wildman–Crippen LogP) is 1.68. The van der Waals surface area contributed by atoms with Gasteiger partial charge < -0.3 is 8.99 Å². The van der Waals surface area contributed by atoms with Crippen LogP contribution in [0.3, 0.4) is 0 Å². The lowest BCUT2D eigenvalue weighted by Gasteiger charge is -1.99. The molecule has 0 fully saturated rings. The van der Waals surface area contributed by atoms with E-state index in [9.17, 15) is 4.21 Å². The Morgan fingerprint density at radius 2 is 2.38 bits per heavy atom. The molecule has 0 aromatic carbocycles. The van der Waals surface area contributed by atoms with Crippen LogP contribution in [-0.2, 0) is 14.8 Å². The third-order valence-electron chi connectivity index (χ3n) is 0.835. The lowest BCUT2D eigenvalue weighted by Crippen LogP contribution is -1.86. The van der Waals surface area contributed by atoms with E-state index in [0.29, 0.717) is 5.75 Å². The second-order valence-electron chi connectivity index (χ2n) is 1.59. The fourth-order valence-corrected chi connectivity index (χ4v) is 0.862. The number of nitrogens with one attached hydrogen (secondary N) is 1. The summed E-state index contributed by atoms with van der Waals surface area (Å²) in [7, 11) is -1.45. The summed E-state index contributed by atoms with van der Waals surface area (Å²) in [6.07, 6.45) is 0.824. The summed E-state index contributed by atoms with van der Waals surface area (Å²) >= 11 is 0. The molecule has 0 rings (SSSR count). The van der Waals surface area contributed by atoms with Gasteiger partial charge in [0.2, 0.25) is 0 Å². The average molecular weight is 132 g/mol. The molecular weight excluding hydrogens is 122 g/mol. The minimum atomic E-state index is -1.45. The summed E-state index contributed by atoms with van der Waals surface area (Å²) in [4.78, 5) is 0. The molecule has 0 heterocycles. The van der Waals surface area contributed by atoms with E-state index in [0.717, 1.165) is 12.0 Å². The molecule has 0 unspecified atom stereocenters. The SMILES string of the molecule is C=C(CC)C[S-](=N)=O. The third kappa shape index (κ3) is 3.87. The van der Waals surface area contributed by atoms with Crippen LogP contribution in [-0.4, -0.2) is 5.75 Å². The van der Waals surface area contributed by atoms with Crippen molar-refractivity contribution in [2.45, 2.75) is 13.3 Å². The van der Waals surface area contributed by atoms with Crippen molar-refractivity contribution in [3.8, 4) is 0 Å². The van der Waals surface area contributed by atoms with Gasteiger partial charge >= 0.3 is 0 Å². The van der Waals surface area contributed by atoms with Gasteiger partial charge in [0.1, 0.15) is 0 Å². The van der Waals surface area contributed by atoms with E-state index in [4.69, 9.17) is 4.78 Å². The first-order chi connectivity index (χ1) is 3.66. The van der Waals surface area contributed by atoms with Crippen LogP contribution in [0.4, 0.5) is 0 Å². The molecule has 0 radical (unpaired) electrons. The second kappa shape index (κ2) is 3.66. The molecule has 0 aliphatic carbocycles. The summed E-state index contributed by atoms with van der Waals surface area (Å²) in [5.74, 6) is 0.330. The molecule has 0 bridgehead atoms. The molecule has 48 valence electrons. The van der Waals surface area contributed by atoms with Crippen molar-refractivity contribution in [3.63, 3.8) is 0 Å². The first-order valence-corrected chi connectivity index (χ1v) is 3.75. The lowest BCUT2D eigenvalue weighted by molar-refractivity contribution is 0.600. The van der Waals surface area contributed by atoms with Gasteiger partial charge in [0.25, 0.3) is 0 Å². The largest absolute Gasteiger partial charge is 0.444 e. The number of rotatable bonds is 3. The summed E-state index contributed by atoms with van der Waals surface area (Å²) in [5.41, 5.74) is 0.887. The van der Waals surface area contributed by atoms with Crippen LogP contribution >= 0.6 is 0 Å². The molecule has 0 spiro atoms. The van der Waals surface area contributed by atoms with Gasteiger partial charge in [-0.2, -0.15) is 10.6 Å². The average Bonchev–Trinajstić information content (AvgIpc) is 1.65. The minimum Gasteiger partial charge on any atom is -0.444 e.